The molecule has 1 aromatic carbocycles. The van der Waals surface area contributed by atoms with Crippen molar-refractivity contribution in [3.05, 3.63) is 29.8 Å². The molecule has 2 heteroatoms. The lowest BCUT2D eigenvalue weighted by Gasteiger charge is -2.33. The van der Waals surface area contributed by atoms with E-state index in [2.05, 4.69) is 49.9 Å². The molecule has 104 valence electrons. The van der Waals surface area contributed by atoms with Gasteiger partial charge >= 0.3 is 0 Å². The Morgan fingerprint density at radius 2 is 1.63 bits per heavy atom. The van der Waals surface area contributed by atoms with E-state index in [1.54, 1.807) is 6.92 Å². The first-order chi connectivity index (χ1) is 8.88. The number of hydrogen-bond donors (Lipinski definition) is 0. The number of piperidine rings is 1. The average molecular weight is 259 g/mol. The highest BCUT2D eigenvalue weighted by atomic mass is 16.1. The summed E-state index contributed by atoms with van der Waals surface area (Å²) in [7, 11) is 0. The van der Waals surface area contributed by atoms with Gasteiger partial charge < -0.3 is 4.90 Å². The number of hydrogen-bond acceptors (Lipinski definition) is 2. The fourth-order valence-corrected chi connectivity index (χ4v) is 2.72. The van der Waals surface area contributed by atoms with Crippen LogP contribution < -0.4 is 4.90 Å². The van der Waals surface area contributed by atoms with Crippen LogP contribution in [0.5, 0.6) is 0 Å². The molecule has 1 heterocycles. The van der Waals surface area contributed by atoms with Crippen LogP contribution in [-0.2, 0) is 10.2 Å². The molecule has 0 aromatic heterocycles. The zero-order valence-electron chi connectivity index (χ0n) is 12.6. The van der Waals surface area contributed by atoms with Crippen LogP contribution in [-0.4, -0.2) is 18.9 Å². The normalized spacial score (nSPS) is 17.6. The molecule has 1 aromatic rings. The van der Waals surface area contributed by atoms with E-state index in [1.807, 2.05) is 0 Å². The third-order valence-corrected chi connectivity index (χ3v) is 4.17. The van der Waals surface area contributed by atoms with Crippen LogP contribution in [0.4, 0.5) is 5.69 Å². The molecule has 0 radical (unpaired) electrons. The van der Waals surface area contributed by atoms with E-state index in [0.717, 1.165) is 25.9 Å². The second-order valence-electron chi connectivity index (χ2n) is 6.67. The maximum absolute atomic E-state index is 11.4. The maximum atomic E-state index is 11.4. The second kappa shape index (κ2) is 5.36. The van der Waals surface area contributed by atoms with Gasteiger partial charge in [-0.1, -0.05) is 32.9 Å². The van der Waals surface area contributed by atoms with Crippen molar-refractivity contribution in [2.75, 3.05) is 18.0 Å². The molecule has 19 heavy (non-hydrogen) atoms. The summed E-state index contributed by atoms with van der Waals surface area (Å²) in [6.07, 6.45) is 1.99. The lowest BCUT2D eigenvalue weighted by Crippen LogP contribution is -2.35. The summed E-state index contributed by atoms with van der Waals surface area (Å²) in [6, 6.07) is 8.89. The van der Waals surface area contributed by atoms with Crippen molar-refractivity contribution in [2.45, 2.75) is 46.0 Å². The molecule has 2 nitrogen and oxygen atoms in total. The highest BCUT2D eigenvalue weighted by molar-refractivity contribution is 5.78. The number of rotatable bonds is 2. The summed E-state index contributed by atoms with van der Waals surface area (Å²) in [6.45, 7) is 10.4. The SMILES string of the molecule is CC(=O)C1CCN(c2ccc(C(C)(C)C)cc2)CC1. The summed E-state index contributed by atoms with van der Waals surface area (Å²) in [4.78, 5) is 13.8. The molecule has 0 N–H and O–H groups in total. The lowest BCUT2D eigenvalue weighted by atomic mass is 9.87. The molecule has 0 amide bonds. The molecule has 1 aliphatic rings. The van der Waals surface area contributed by atoms with Crippen molar-refractivity contribution in [2.24, 2.45) is 5.92 Å². The Morgan fingerprint density at radius 1 is 1.11 bits per heavy atom. The first-order valence-corrected chi connectivity index (χ1v) is 7.24. The minimum atomic E-state index is 0.208. The van der Waals surface area contributed by atoms with Crippen LogP contribution >= 0.6 is 0 Å². The molecule has 0 atom stereocenters. The van der Waals surface area contributed by atoms with E-state index in [0.29, 0.717) is 5.78 Å². The van der Waals surface area contributed by atoms with Crippen molar-refractivity contribution in [3.63, 3.8) is 0 Å². The van der Waals surface area contributed by atoms with Crippen molar-refractivity contribution in [1.82, 2.24) is 0 Å². The number of benzene rings is 1. The Kier molecular flexibility index (Phi) is 3.98. The van der Waals surface area contributed by atoms with Crippen LogP contribution in [0.2, 0.25) is 0 Å². The number of nitrogens with zero attached hydrogens (tertiary/aromatic N) is 1. The number of carbonyl (C=O) groups is 1. The monoisotopic (exact) mass is 259 g/mol. The van der Waals surface area contributed by atoms with Crippen molar-refractivity contribution in [1.29, 1.82) is 0 Å². The molecular formula is C17H25NO. The predicted octanol–water partition coefficient (Wildman–Crippen LogP) is 3.79. The highest BCUT2D eigenvalue weighted by Crippen LogP contribution is 2.27. The highest BCUT2D eigenvalue weighted by Gasteiger charge is 2.22. The zero-order valence-corrected chi connectivity index (χ0v) is 12.6. The first kappa shape index (κ1) is 14.1. The average Bonchev–Trinajstić information content (AvgIpc) is 2.38. The van der Waals surface area contributed by atoms with Gasteiger partial charge in [-0.2, -0.15) is 0 Å². The Morgan fingerprint density at radius 3 is 2.05 bits per heavy atom. The van der Waals surface area contributed by atoms with Gasteiger partial charge in [0, 0.05) is 24.7 Å². The fourth-order valence-electron chi connectivity index (χ4n) is 2.72. The molecular weight excluding hydrogens is 234 g/mol. The summed E-state index contributed by atoms with van der Waals surface area (Å²) >= 11 is 0. The molecule has 1 fully saturated rings. The van der Waals surface area contributed by atoms with Gasteiger partial charge in [-0.25, -0.2) is 0 Å². The maximum Gasteiger partial charge on any atom is 0.133 e. The number of ketones is 1. The van der Waals surface area contributed by atoms with E-state index in [-0.39, 0.29) is 11.3 Å². The van der Waals surface area contributed by atoms with E-state index < -0.39 is 0 Å². The van der Waals surface area contributed by atoms with Gasteiger partial charge in [0.2, 0.25) is 0 Å². The van der Waals surface area contributed by atoms with Gasteiger partial charge in [0.05, 0.1) is 0 Å². The zero-order chi connectivity index (χ0) is 14.0. The quantitative estimate of drug-likeness (QED) is 0.805. The van der Waals surface area contributed by atoms with Crippen molar-refractivity contribution in [3.8, 4) is 0 Å². The molecule has 0 aliphatic carbocycles. The van der Waals surface area contributed by atoms with Gasteiger partial charge in [0.15, 0.2) is 0 Å². The Balaban J connectivity index is 2.02. The topological polar surface area (TPSA) is 20.3 Å². The second-order valence-corrected chi connectivity index (χ2v) is 6.67. The summed E-state index contributed by atoms with van der Waals surface area (Å²) < 4.78 is 0. The Labute approximate surface area is 116 Å². The molecule has 2 rings (SSSR count). The van der Waals surface area contributed by atoms with Crippen molar-refractivity contribution >= 4 is 11.5 Å². The third kappa shape index (κ3) is 3.37. The van der Waals surface area contributed by atoms with E-state index in [1.165, 1.54) is 11.3 Å². The standard InChI is InChI=1S/C17H25NO/c1-13(19)14-9-11-18(12-10-14)16-7-5-15(6-8-16)17(2,3)4/h5-8,14H,9-12H2,1-4H3. The Bertz CT molecular complexity index is 433. The molecule has 0 spiro atoms. The largest absolute Gasteiger partial charge is 0.371 e. The van der Waals surface area contributed by atoms with Gasteiger partial charge in [0.25, 0.3) is 0 Å². The molecule has 1 saturated heterocycles. The summed E-state index contributed by atoms with van der Waals surface area (Å²) in [5, 5.41) is 0. The molecule has 1 aliphatic heterocycles. The van der Waals surface area contributed by atoms with Crippen LogP contribution in [0.15, 0.2) is 24.3 Å². The summed E-state index contributed by atoms with van der Waals surface area (Å²) in [5.74, 6) is 0.632. The number of anilines is 1. The fraction of sp³-hybridized carbons (Fsp3) is 0.588. The van der Waals surface area contributed by atoms with E-state index in [4.69, 9.17) is 0 Å². The van der Waals surface area contributed by atoms with Crippen molar-refractivity contribution < 1.29 is 4.79 Å². The van der Waals surface area contributed by atoms with Gasteiger partial charge in [0.1, 0.15) is 5.78 Å². The van der Waals surface area contributed by atoms with Crippen LogP contribution in [0.25, 0.3) is 0 Å². The van der Waals surface area contributed by atoms with E-state index in [9.17, 15) is 4.79 Å². The van der Waals surface area contributed by atoms with Gasteiger partial charge in [-0.3, -0.25) is 4.79 Å². The van der Waals surface area contributed by atoms with Crippen LogP contribution in [0, 0.1) is 5.92 Å². The van der Waals surface area contributed by atoms with Crippen LogP contribution in [0.1, 0.15) is 46.1 Å². The number of carbonyl (C=O) groups excluding carboxylic acids is 1. The van der Waals surface area contributed by atoms with Gasteiger partial charge in [-0.05, 0) is 42.9 Å². The molecule has 0 saturated carbocycles. The Hall–Kier alpha value is -1.31. The molecule has 0 bridgehead atoms. The minimum Gasteiger partial charge on any atom is -0.371 e. The van der Waals surface area contributed by atoms with E-state index >= 15 is 0 Å². The predicted molar refractivity (Wildman–Crippen MR) is 80.8 cm³/mol. The molecule has 0 unspecified atom stereocenters. The van der Waals surface area contributed by atoms with Crippen LogP contribution in [0.3, 0.4) is 0 Å². The number of Topliss-reactive ketones (excluding diaryl/α,β-unsaturated/α-hetero) is 1. The first-order valence-electron chi connectivity index (χ1n) is 7.24. The third-order valence-electron chi connectivity index (χ3n) is 4.17. The lowest BCUT2D eigenvalue weighted by molar-refractivity contribution is -0.121. The summed E-state index contributed by atoms with van der Waals surface area (Å²) in [5.41, 5.74) is 2.87. The van der Waals surface area contributed by atoms with Gasteiger partial charge in [-0.15, -0.1) is 0 Å². The smallest absolute Gasteiger partial charge is 0.133 e. The minimum absolute atomic E-state index is 0.208.